The number of fused-ring (bicyclic) bond motifs is 2. The van der Waals surface area contributed by atoms with Crippen molar-refractivity contribution in [1.82, 2.24) is 0 Å². The normalized spacial score (nSPS) is 18.7. The molecule has 0 N–H and O–H groups in total. The average Bonchev–Trinajstić information content (AvgIpc) is 3.54. The zero-order valence-electron chi connectivity index (χ0n) is 22.9. The number of aryl methyl sites for hydroxylation is 1. The van der Waals surface area contributed by atoms with E-state index >= 15 is 0 Å². The minimum atomic E-state index is -1.23. The number of allylic oxidation sites excluding steroid dienone is 8. The molecule has 0 amide bonds. The number of halogens is 2. The van der Waals surface area contributed by atoms with Gasteiger partial charge in [-0.15, -0.1) is 0 Å². The molecule has 0 radical (unpaired) electrons. The van der Waals surface area contributed by atoms with Crippen molar-refractivity contribution in [2.75, 3.05) is 0 Å². The zero-order valence-corrected chi connectivity index (χ0v) is 26.9. The third kappa shape index (κ3) is 5.27. The van der Waals surface area contributed by atoms with Gasteiger partial charge in [0.1, 0.15) is 0 Å². The molecule has 6 rings (SSSR count). The van der Waals surface area contributed by atoms with Gasteiger partial charge < -0.3 is 24.8 Å². The summed E-state index contributed by atoms with van der Waals surface area (Å²) < 4.78 is 3.19. The van der Waals surface area contributed by atoms with Crippen LogP contribution in [0.15, 0.2) is 126 Å². The molecule has 3 aromatic carbocycles. The second-order valence-electron chi connectivity index (χ2n) is 10.9. The largest absolute Gasteiger partial charge is 1.00 e. The second-order valence-corrected chi connectivity index (χ2v) is 14.0. The van der Waals surface area contributed by atoms with Crippen LogP contribution in [0.1, 0.15) is 43.9 Å². The van der Waals surface area contributed by atoms with Gasteiger partial charge in [0.2, 0.25) is 0 Å². The van der Waals surface area contributed by atoms with Gasteiger partial charge in [-0.1, -0.05) is 0 Å². The van der Waals surface area contributed by atoms with E-state index in [9.17, 15) is 0 Å². The van der Waals surface area contributed by atoms with Crippen molar-refractivity contribution >= 4 is 12.1 Å². The predicted octanol–water partition coefficient (Wildman–Crippen LogP) is 1.04. The summed E-state index contributed by atoms with van der Waals surface area (Å²) in [5, 5.41) is 2.89. The summed E-state index contributed by atoms with van der Waals surface area (Å²) in [6.07, 6.45) is 12.9. The molecular weight excluding hydrogens is 595 g/mol. The summed E-state index contributed by atoms with van der Waals surface area (Å²) in [6, 6.07) is 29.3. The molecule has 1 unspecified atom stereocenters. The summed E-state index contributed by atoms with van der Waals surface area (Å²) in [6.45, 7) is 9.47. The van der Waals surface area contributed by atoms with Gasteiger partial charge >= 0.3 is 233 Å². The molecule has 3 aromatic rings. The fourth-order valence-corrected chi connectivity index (χ4v) is 9.87. The number of hydrogen-bond acceptors (Lipinski definition) is 0. The predicted molar refractivity (Wildman–Crippen MR) is 154 cm³/mol. The molecule has 0 nitrogen and oxygen atoms in total. The molecule has 0 saturated carbocycles. The van der Waals surface area contributed by atoms with E-state index < -0.39 is 22.8 Å². The monoisotopic (exact) mass is 625 g/mol. The van der Waals surface area contributed by atoms with Crippen LogP contribution < -0.4 is 35.3 Å². The van der Waals surface area contributed by atoms with E-state index in [2.05, 4.69) is 137 Å². The summed E-state index contributed by atoms with van der Waals surface area (Å²) >= 11 is -1.23. The Morgan fingerprint density at radius 3 is 2.05 bits per heavy atom. The van der Waals surface area contributed by atoms with E-state index in [-0.39, 0.29) is 30.2 Å². The average molecular weight is 628 g/mol. The second kappa shape index (κ2) is 12.1. The Morgan fingerprint density at radius 2 is 1.49 bits per heavy atom. The first-order chi connectivity index (χ1) is 18.0. The van der Waals surface area contributed by atoms with Crippen molar-refractivity contribution in [3.8, 4) is 0 Å². The Morgan fingerprint density at radius 1 is 0.846 bits per heavy atom. The van der Waals surface area contributed by atoms with Crippen LogP contribution in [0.4, 0.5) is 0 Å². The molecule has 0 bridgehead atoms. The van der Waals surface area contributed by atoms with Gasteiger partial charge in [-0.25, -0.2) is 0 Å². The van der Waals surface area contributed by atoms with Crippen LogP contribution in [-0.4, -0.2) is 3.21 Å². The number of hydrogen-bond donors (Lipinski definition) is 0. The Bertz CT molecular complexity index is 1630. The first-order valence-corrected chi connectivity index (χ1v) is 15.8. The maximum absolute atomic E-state index is 2.50. The Hall–Kier alpha value is -2.31. The minimum Gasteiger partial charge on any atom is -1.00 e. The van der Waals surface area contributed by atoms with Gasteiger partial charge in [0.05, 0.1) is 0 Å². The van der Waals surface area contributed by atoms with Crippen LogP contribution >= 0.6 is 0 Å². The minimum absolute atomic E-state index is 0. The SMILES string of the molecule is Cc1ccc2c(c1)=[C]([Zr+2]=[C](c1ccccc1)c1ccccc1)C1=C(C3=CC=CC3)C(C)(C(C)C)C=CC=21.[Cl-].[Cl-]. The molecule has 3 aliphatic carbocycles. The van der Waals surface area contributed by atoms with Gasteiger partial charge in [-0.3, -0.25) is 0 Å². The third-order valence-corrected chi connectivity index (χ3v) is 12.2. The van der Waals surface area contributed by atoms with E-state index in [0.717, 1.165) is 6.42 Å². The van der Waals surface area contributed by atoms with E-state index in [1.165, 1.54) is 38.3 Å². The summed E-state index contributed by atoms with van der Waals surface area (Å²) in [5.74, 6) is 0.512. The number of rotatable bonds is 5. The van der Waals surface area contributed by atoms with Crippen LogP contribution in [0, 0.1) is 18.3 Å². The topological polar surface area (TPSA) is 0 Å². The third-order valence-electron chi connectivity index (χ3n) is 8.31. The van der Waals surface area contributed by atoms with E-state index in [0.29, 0.717) is 5.92 Å². The van der Waals surface area contributed by atoms with E-state index in [4.69, 9.17) is 0 Å². The van der Waals surface area contributed by atoms with Crippen LogP contribution in [0.3, 0.4) is 0 Å². The van der Waals surface area contributed by atoms with Gasteiger partial charge in [-0.2, -0.15) is 0 Å². The van der Waals surface area contributed by atoms with Crippen molar-refractivity contribution < 1.29 is 47.6 Å². The van der Waals surface area contributed by atoms with Crippen LogP contribution in [0.5, 0.6) is 0 Å². The van der Waals surface area contributed by atoms with Crippen molar-refractivity contribution in [2.24, 2.45) is 11.3 Å². The zero-order chi connectivity index (χ0) is 25.6. The molecule has 0 fully saturated rings. The fraction of sp³-hybridized carbons (Fsp3) is 0.194. The van der Waals surface area contributed by atoms with Gasteiger partial charge in [0.15, 0.2) is 0 Å². The van der Waals surface area contributed by atoms with Crippen LogP contribution in [0.2, 0.25) is 0 Å². The molecule has 0 saturated heterocycles. The first-order valence-electron chi connectivity index (χ1n) is 13.4. The molecule has 3 aliphatic rings. The van der Waals surface area contributed by atoms with Crippen LogP contribution in [-0.2, 0) is 22.8 Å². The number of benzene rings is 3. The maximum Gasteiger partial charge on any atom is -1.00 e. The Kier molecular flexibility index (Phi) is 9.17. The fourth-order valence-electron chi connectivity index (χ4n) is 5.94. The van der Waals surface area contributed by atoms with Crippen molar-refractivity contribution in [1.29, 1.82) is 0 Å². The molecule has 0 heterocycles. The smallest absolute Gasteiger partial charge is 1.00 e. The summed E-state index contributed by atoms with van der Waals surface area (Å²) in [5.41, 5.74) is 10.1. The van der Waals surface area contributed by atoms with Crippen molar-refractivity contribution in [2.45, 2.75) is 34.1 Å². The van der Waals surface area contributed by atoms with Crippen LogP contribution in [0.25, 0.3) is 8.85 Å². The molecule has 0 aromatic heterocycles. The Labute approximate surface area is 256 Å². The molecular formula is C36H33Cl2Zr. The molecule has 39 heavy (non-hydrogen) atoms. The van der Waals surface area contributed by atoms with E-state index in [1.54, 1.807) is 17.6 Å². The molecule has 1 atom stereocenters. The summed E-state index contributed by atoms with van der Waals surface area (Å²) in [4.78, 5) is 0. The molecule has 0 spiro atoms. The summed E-state index contributed by atoms with van der Waals surface area (Å²) in [7, 11) is 0. The van der Waals surface area contributed by atoms with Gasteiger partial charge in [0.25, 0.3) is 0 Å². The molecule has 3 heteroatoms. The quantitative estimate of drug-likeness (QED) is 0.397. The van der Waals surface area contributed by atoms with E-state index in [1.807, 2.05) is 0 Å². The first kappa shape index (κ1) is 29.7. The van der Waals surface area contributed by atoms with Gasteiger partial charge in [0, 0.05) is 0 Å². The van der Waals surface area contributed by atoms with Gasteiger partial charge in [-0.05, 0) is 0 Å². The maximum atomic E-state index is 2.50. The molecule has 195 valence electrons. The van der Waals surface area contributed by atoms with Crippen molar-refractivity contribution in [3.05, 3.63) is 153 Å². The molecule has 0 aliphatic heterocycles. The van der Waals surface area contributed by atoms with Crippen molar-refractivity contribution in [3.63, 3.8) is 0 Å². The Balaban J connectivity index is 0.00000176. The standard InChI is InChI=1S/C23H23.C13H10.2ClH.Zr/c1-15(2)23(4)12-11-20-19-10-9-16(3)13-18(19)14-21(20)22(23)17-7-5-6-8-17;1-3-7-12(8-4-1)11-13-9-5-2-6-10-13;;;/h5-7,9-13,15H,8H2,1-4H3;1-10H;2*1H;/q;;;;+2/p-2.